The van der Waals surface area contributed by atoms with Crippen LogP contribution in [0.5, 0.6) is 5.75 Å². The Morgan fingerprint density at radius 2 is 1.70 bits per heavy atom. The van der Waals surface area contributed by atoms with Crippen molar-refractivity contribution < 1.29 is 14.2 Å². The highest BCUT2D eigenvalue weighted by Gasteiger charge is 2.24. The van der Waals surface area contributed by atoms with Crippen molar-refractivity contribution >= 4 is 17.6 Å². The molecule has 2 saturated heterocycles. The average Bonchev–Trinajstić information content (AvgIpc) is 2.71. The van der Waals surface area contributed by atoms with Crippen molar-refractivity contribution in [1.29, 1.82) is 10.5 Å². The van der Waals surface area contributed by atoms with Crippen LogP contribution in [-0.4, -0.2) is 43.3 Å². The zero-order valence-corrected chi connectivity index (χ0v) is 17.9. The van der Waals surface area contributed by atoms with Crippen LogP contribution in [0.1, 0.15) is 25.0 Å². The highest BCUT2D eigenvalue weighted by atomic mass is 32.2. The molecule has 2 fully saturated rings. The predicted molar refractivity (Wildman–Crippen MR) is 115 cm³/mol. The molecule has 0 bridgehead atoms. The summed E-state index contributed by atoms with van der Waals surface area (Å²) in [7, 11) is 0. The second kappa shape index (κ2) is 10.3. The Bertz CT molecular complexity index is 958. The fraction of sp³-hybridized carbons (Fsp3) is 0.409. The lowest BCUT2D eigenvalue weighted by Crippen LogP contribution is -2.38. The van der Waals surface area contributed by atoms with E-state index in [0.29, 0.717) is 35.3 Å². The zero-order valence-electron chi connectivity index (χ0n) is 17.1. The molecule has 2 aromatic rings. The van der Waals surface area contributed by atoms with E-state index in [1.165, 1.54) is 11.8 Å². The maximum Gasteiger partial charge on any atom is 0.145 e. The zero-order chi connectivity index (χ0) is 21.5. The van der Waals surface area contributed by atoms with Gasteiger partial charge in [-0.15, -0.1) is 11.8 Å². The van der Waals surface area contributed by atoms with Crippen LogP contribution in [0.25, 0.3) is 11.1 Å². The summed E-state index contributed by atoms with van der Waals surface area (Å²) in [5.41, 5.74) is 7.88. The van der Waals surface area contributed by atoms with Crippen LogP contribution in [0.3, 0.4) is 0 Å². The highest BCUT2D eigenvalue weighted by Crippen LogP contribution is 2.37. The van der Waals surface area contributed by atoms with Gasteiger partial charge in [0.15, 0.2) is 0 Å². The van der Waals surface area contributed by atoms with E-state index in [1.807, 2.05) is 38.1 Å². The molecule has 0 atom stereocenters. The quantitative estimate of drug-likeness (QED) is 0.699. The summed E-state index contributed by atoms with van der Waals surface area (Å²) in [5.74, 6) is 2.10. The van der Waals surface area contributed by atoms with Gasteiger partial charge in [-0.05, 0) is 17.7 Å². The van der Waals surface area contributed by atoms with E-state index in [0.717, 1.165) is 30.3 Å². The normalized spacial score (nSPS) is 15.6. The Balaban J connectivity index is 0.00000124. The number of ether oxygens (including phenoxy) is 3. The number of benzene rings is 1. The maximum atomic E-state index is 9.80. The average molecular weight is 425 g/mol. The fourth-order valence-electron chi connectivity index (χ4n) is 2.94. The largest absolute Gasteiger partial charge is 0.486 e. The standard InChI is InChI=1S/C20H18N4O3S.C2H6/c21-5-16-18(13-1-3-14(4-2-13)27-15-9-26-10-15)17(6-22)20(24-19(16)23)28-11-12-7-25-8-12;1-2/h1-4,12,15H,7-11H2,(H2,23,24);1-2H3. The molecule has 0 aliphatic carbocycles. The van der Waals surface area contributed by atoms with Gasteiger partial charge in [0.2, 0.25) is 0 Å². The van der Waals surface area contributed by atoms with E-state index in [2.05, 4.69) is 17.1 Å². The molecule has 7 nitrogen and oxygen atoms in total. The van der Waals surface area contributed by atoms with Crippen LogP contribution in [-0.2, 0) is 9.47 Å². The number of nitrogens with zero attached hydrogens (tertiary/aromatic N) is 3. The Morgan fingerprint density at radius 1 is 1.07 bits per heavy atom. The van der Waals surface area contributed by atoms with E-state index in [9.17, 15) is 10.5 Å². The molecule has 4 rings (SSSR count). The Labute approximate surface area is 180 Å². The van der Waals surface area contributed by atoms with E-state index >= 15 is 0 Å². The summed E-state index contributed by atoms with van der Waals surface area (Å²) in [6.07, 6.45) is 0.0743. The summed E-state index contributed by atoms with van der Waals surface area (Å²) in [6.45, 7) is 6.63. The molecule has 30 heavy (non-hydrogen) atoms. The Kier molecular flexibility index (Phi) is 7.53. The first-order valence-electron chi connectivity index (χ1n) is 9.88. The lowest BCUT2D eigenvalue weighted by atomic mass is 9.97. The molecule has 0 unspecified atom stereocenters. The summed E-state index contributed by atoms with van der Waals surface area (Å²) in [6, 6.07) is 11.6. The van der Waals surface area contributed by atoms with Gasteiger partial charge in [0.05, 0.1) is 32.0 Å². The van der Waals surface area contributed by atoms with E-state index in [4.69, 9.17) is 19.9 Å². The molecule has 0 spiro atoms. The summed E-state index contributed by atoms with van der Waals surface area (Å²) in [5, 5.41) is 20.0. The molecule has 2 N–H and O–H groups in total. The first kappa shape index (κ1) is 21.9. The van der Waals surface area contributed by atoms with E-state index < -0.39 is 0 Å². The van der Waals surface area contributed by atoms with Gasteiger partial charge in [0, 0.05) is 17.2 Å². The first-order valence-corrected chi connectivity index (χ1v) is 10.9. The van der Waals surface area contributed by atoms with Crippen molar-refractivity contribution in [1.82, 2.24) is 4.98 Å². The van der Waals surface area contributed by atoms with Crippen molar-refractivity contribution in [2.45, 2.75) is 25.0 Å². The number of thioether (sulfide) groups is 1. The molecule has 1 aromatic heterocycles. The smallest absolute Gasteiger partial charge is 0.145 e. The van der Waals surface area contributed by atoms with Gasteiger partial charge in [-0.3, -0.25) is 0 Å². The molecule has 0 saturated carbocycles. The number of nitrogens with two attached hydrogens (primary N) is 1. The van der Waals surface area contributed by atoms with Crippen molar-refractivity contribution in [3.63, 3.8) is 0 Å². The van der Waals surface area contributed by atoms with Crippen LogP contribution in [0.4, 0.5) is 5.82 Å². The maximum absolute atomic E-state index is 9.80. The van der Waals surface area contributed by atoms with Crippen molar-refractivity contribution in [2.24, 2.45) is 5.92 Å². The molecule has 2 aliphatic rings. The molecule has 0 amide bonds. The predicted octanol–water partition coefficient (Wildman–Crippen LogP) is 3.62. The van der Waals surface area contributed by atoms with Crippen LogP contribution < -0.4 is 10.5 Å². The van der Waals surface area contributed by atoms with Gasteiger partial charge in [-0.1, -0.05) is 26.0 Å². The van der Waals surface area contributed by atoms with Gasteiger partial charge in [-0.2, -0.15) is 10.5 Å². The van der Waals surface area contributed by atoms with Crippen molar-refractivity contribution in [2.75, 3.05) is 37.9 Å². The number of aromatic nitrogens is 1. The van der Waals surface area contributed by atoms with E-state index in [1.54, 1.807) is 0 Å². The fourth-order valence-corrected chi connectivity index (χ4v) is 3.98. The van der Waals surface area contributed by atoms with Gasteiger partial charge in [-0.25, -0.2) is 4.98 Å². The van der Waals surface area contributed by atoms with Gasteiger partial charge >= 0.3 is 0 Å². The number of nitrogen functional groups attached to an aromatic ring is 1. The van der Waals surface area contributed by atoms with Crippen LogP contribution in [0.2, 0.25) is 0 Å². The number of rotatable bonds is 6. The van der Waals surface area contributed by atoms with Crippen molar-refractivity contribution in [3.05, 3.63) is 35.4 Å². The Morgan fingerprint density at radius 3 is 2.20 bits per heavy atom. The molecular formula is C22H24N4O3S. The van der Waals surface area contributed by atoms with Gasteiger partial charge in [0.25, 0.3) is 0 Å². The Hall–Kier alpha value is -2.78. The molecule has 3 heterocycles. The molecule has 156 valence electrons. The van der Waals surface area contributed by atoms with Crippen molar-refractivity contribution in [3.8, 4) is 29.0 Å². The lowest BCUT2D eigenvalue weighted by molar-refractivity contribution is -0.0796. The van der Waals surface area contributed by atoms with E-state index in [-0.39, 0.29) is 17.5 Å². The number of pyridine rings is 1. The highest BCUT2D eigenvalue weighted by molar-refractivity contribution is 7.99. The second-order valence-electron chi connectivity index (χ2n) is 6.67. The van der Waals surface area contributed by atoms with Gasteiger partial charge < -0.3 is 19.9 Å². The SMILES string of the molecule is CC.N#Cc1c(N)nc(SCC2COC2)c(C#N)c1-c1ccc(OC2COC2)cc1. The third kappa shape index (κ3) is 4.68. The molecule has 8 heteroatoms. The number of hydrogen-bond acceptors (Lipinski definition) is 8. The van der Waals surface area contributed by atoms with Gasteiger partial charge in [0.1, 0.15) is 40.4 Å². The molecular weight excluding hydrogens is 400 g/mol. The van der Waals surface area contributed by atoms with Crippen LogP contribution in [0.15, 0.2) is 29.3 Å². The first-order chi connectivity index (χ1) is 14.7. The number of nitriles is 2. The second-order valence-corrected chi connectivity index (χ2v) is 7.68. The minimum atomic E-state index is 0.0743. The third-order valence-electron chi connectivity index (χ3n) is 4.63. The summed E-state index contributed by atoms with van der Waals surface area (Å²) in [4.78, 5) is 4.32. The topological polar surface area (TPSA) is 114 Å². The molecule has 1 aromatic carbocycles. The number of anilines is 1. The number of hydrogen-bond donors (Lipinski definition) is 1. The van der Waals surface area contributed by atoms with Crippen LogP contribution >= 0.6 is 11.8 Å². The third-order valence-corrected chi connectivity index (χ3v) is 5.84. The molecule has 2 aliphatic heterocycles. The monoisotopic (exact) mass is 424 g/mol. The summed E-state index contributed by atoms with van der Waals surface area (Å²) >= 11 is 1.48. The molecule has 0 radical (unpaired) electrons. The summed E-state index contributed by atoms with van der Waals surface area (Å²) < 4.78 is 16.1. The lowest BCUT2D eigenvalue weighted by Gasteiger charge is -2.26. The minimum Gasteiger partial charge on any atom is -0.486 e. The minimum absolute atomic E-state index is 0.0743. The van der Waals surface area contributed by atoms with Crippen LogP contribution in [0, 0.1) is 28.6 Å².